The SMILES string of the molecule is COc1cc(-n2cnc3cc(-c4cnn(C)c4)ccc32)cc(OC)c1C(=O)CCCCO. The van der Waals surface area contributed by atoms with E-state index in [0.717, 1.165) is 27.8 Å². The molecule has 0 saturated heterocycles. The molecule has 0 spiro atoms. The maximum absolute atomic E-state index is 12.8. The quantitative estimate of drug-likeness (QED) is 0.318. The molecule has 0 fully saturated rings. The van der Waals surface area contributed by atoms with Gasteiger partial charge < -0.3 is 14.6 Å². The number of imidazole rings is 1. The van der Waals surface area contributed by atoms with Crippen LogP contribution in [-0.2, 0) is 7.05 Å². The van der Waals surface area contributed by atoms with E-state index in [2.05, 4.69) is 10.1 Å². The van der Waals surface area contributed by atoms with Gasteiger partial charge >= 0.3 is 0 Å². The standard InChI is InChI=1S/C24H26N4O4/c1-27-14-17(13-26-27)16-7-8-20-19(10-16)25-15-28(20)18-11-22(31-2)24(23(12-18)32-3)21(30)6-4-5-9-29/h7-8,10-15,29H,4-6,9H2,1-3H3. The van der Waals surface area contributed by atoms with Crippen molar-refractivity contribution in [3.05, 3.63) is 54.6 Å². The number of nitrogens with zero attached hydrogens (tertiary/aromatic N) is 4. The summed E-state index contributed by atoms with van der Waals surface area (Å²) in [5, 5.41) is 13.2. The van der Waals surface area contributed by atoms with Gasteiger partial charge in [0.1, 0.15) is 23.4 Å². The fourth-order valence-electron chi connectivity index (χ4n) is 3.80. The molecule has 0 amide bonds. The Hall–Kier alpha value is -3.65. The van der Waals surface area contributed by atoms with Gasteiger partial charge in [-0.3, -0.25) is 14.0 Å². The van der Waals surface area contributed by atoms with Crippen LogP contribution in [0, 0.1) is 0 Å². The van der Waals surface area contributed by atoms with Crippen molar-refractivity contribution in [1.29, 1.82) is 0 Å². The first-order valence-electron chi connectivity index (χ1n) is 10.4. The minimum absolute atomic E-state index is 0.0662. The lowest BCUT2D eigenvalue weighted by molar-refractivity contribution is 0.0971. The van der Waals surface area contributed by atoms with Crippen molar-refractivity contribution in [3.63, 3.8) is 0 Å². The number of carbonyl (C=O) groups is 1. The highest BCUT2D eigenvalue weighted by molar-refractivity contribution is 6.01. The highest BCUT2D eigenvalue weighted by Crippen LogP contribution is 2.35. The number of unbranched alkanes of at least 4 members (excludes halogenated alkanes) is 1. The van der Waals surface area contributed by atoms with Gasteiger partial charge in [-0.1, -0.05) is 6.07 Å². The summed E-state index contributed by atoms with van der Waals surface area (Å²) >= 11 is 0. The van der Waals surface area contributed by atoms with Crippen LogP contribution < -0.4 is 9.47 Å². The molecule has 8 heteroatoms. The average molecular weight is 434 g/mol. The summed E-state index contributed by atoms with van der Waals surface area (Å²) in [5.41, 5.74) is 5.02. The third-order valence-electron chi connectivity index (χ3n) is 5.44. The van der Waals surface area contributed by atoms with Crippen LogP contribution in [0.3, 0.4) is 0 Å². The first kappa shape index (κ1) is 21.6. The molecule has 0 radical (unpaired) electrons. The maximum atomic E-state index is 12.8. The molecular formula is C24H26N4O4. The summed E-state index contributed by atoms with van der Waals surface area (Å²) in [6.45, 7) is 0.0662. The molecule has 0 bridgehead atoms. The van der Waals surface area contributed by atoms with Gasteiger partial charge in [0.05, 0.1) is 37.1 Å². The number of rotatable bonds is 9. The number of aliphatic hydroxyl groups excluding tert-OH is 1. The monoisotopic (exact) mass is 434 g/mol. The molecule has 166 valence electrons. The Morgan fingerprint density at radius 3 is 2.44 bits per heavy atom. The van der Waals surface area contributed by atoms with E-state index in [-0.39, 0.29) is 12.4 Å². The van der Waals surface area contributed by atoms with Crippen molar-refractivity contribution in [2.75, 3.05) is 20.8 Å². The smallest absolute Gasteiger partial charge is 0.170 e. The van der Waals surface area contributed by atoms with E-state index in [9.17, 15) is 4.79 Å². The second kappa shape index (κ2) is 9.23. The molecule has 0 atom stereocenters. The number of methoxy groups -OCH3 is 2. The minimum Gasteiger partial charge on any atom is -0.496 e. The van der Waals surface area contributed by atoms with Crippen LogP contribution in [0.2, 0.25) is 0 Å². The molecule has 0 aliphatic heterocycles. The number of Topliss-reactive ketones (excluding diaryl/α,β-unsaturated/α-hetero) is 1. The summed E-state index contributed by atoms with van der Waals surface area (Å²) in [7, 11) is 4.96. The fraction of sp³-hybridized carbons (Fsp3) is 0.292. The van der Waals surface area contributed by atoms with E-state index >= 15 is 0 Å². The van der Waals surface area contributed by atoms with Crippen molar-refractivity contribution in [2.24, 2.45) is 7.05 Å². The summed E-state index contributed by atoms with van der Waals surface area (Å²) < 4.78 is 14.8. The number of ether oxygens (including phenoxy) is 2. The molecule has 2 aromatic carbocycles. The van der Waals surface area contributed by atoms with E-state index in [4.69, 9.17) is 14.6 Å². The number of hydrogen-bond donors (Lipinski definition) is 1. The molecular weight excluding hydrogens is 408 g/mol. The van der Waals surface area contributed by atoms with Crippen molar-refractivity contribution in [3.8, 4) is 28.3 Å². The Bertz CT molecular complexity index is 1230. The van der Waals surface area contributed by atoms with E-state index in [1.807, 2.05) is 54.3 Å². The van der Waals surface area contributed by atoms with E-state index in [1.54, 1.807) is 11.0 Å². The van der Waals surface area contributed by atoms with Gasteiger partial charge in [-0.15, -0.1) is 0 Å². The molecule has 0 aliphatic carbocycles. The number of ketones is 1. The Labute approximate surface area is 186 Å². The van der Waals surface area contributed by atoms with Gasteiger partial charge in [0, 0.05) is 44.0 Å². The molecule has 0 aliphatic rings. The van der Waals surface area contributed by atoms with Crippen molar-refractivity contribution >= 4 is 16.8 Å². The first-order chi connectivity index (χ1) is 15.5. The number of hydrogen-bond acceptors (Lipinski definition) is 6. The van der Waals surface area contributed by atoms with Crippen LogP contribution in [0.4, 0.5) is 0 Å². The topological polar surface area (TPSA) is 91.4 Å². The van der Waals surface area contributed by atoms with Crippen molar-refractivity contribution < 1.29 is 19.4 Å². The van der Waals surface area contributed by atoms with Crippen molar-refractivity contribution in [2.45, 2.75) is 19.3 Å². The van der Waals surface area contributed by atoms with Gasteiger partial charge in [-0.2, -0.15) is 5.10 Å². The van der Waals surface area contributed by atoms with Crippen LogP contribution >= 0.6 is 0 Å². The van der Waals surface area contributed by atoms with Gasteiger partial charge in [-0.05, 0) is 30.5 Å². The molecule has 8 nitrogen and oxygen atoms in total. The third-order valence-corrected chi connectivity index (χ3v) is 5.44. The Kier molecular flexibility index (Phi) is 6.23. The third kappa shape index (κ3) is 4.09. The molecule has 0 saturated carbocycles. The molecule has 1 N–H and O–H groups in total. The summed E-state index contributed by atoms with van der Waals surface area (Å²) in [5.74, 6) is 0.819. The normalized spacial score (nSPS) is 11.1. The average Bonchev–Trinajstić information content (AvgIpc) is 3.43. The van der Waals surface area contributed by atoms with E-state index in [1.165, 1.54) is 14.2 Å². The zero-order chi connectivity index (χ0) is 22.7. The van der Waals surface area contributed by atoms with Gasteiger partial charge in [0.15, 0.2) is 5.78 Å². The van der Waals surface area contributed by atoms with Gasteiger partial charge in [0.2, 0.25) is 0 Å². The molecule has 2 heterocycles. The fourth-order valence-corrected chi connectivity index (χ4v) is 3.80. The molecule has 0 unspecified atom stereocenters. The number of fused-ring (bicyclic) bond motifs is 1. The number of aromatic nitrogens is 4. The van der Waals surface area contributed by atoms with Gasteiger partial charge in [0.25, 0.3) is 0 Å². The van der Waals surface area contributed by atoms with Crippen LogP contribution in [-0.4, -0.2) is 51.0 Å². The zero-order valence-electron chi connectivity index (χ0n) is 18.4. The second-order valence-electron chi connectivity index (χ2n) is 7.55. The summed E-state index contributed by atoms with van der Waals surface area (Å²) in [6.07, 6.45) is 7.03. The predicted molar refractivity (Wildman–Crippen MR) is 122 cm³/mol. The number of carbonyl (C=O) groups excluding carboxylic acids is 1. The van der Waals surface area contributed by atoms with Crippen LogP contribution in [0.15, 0.2) is 49.1 Å². The van der Waals surface area contributed by atoms with Crippen LogP contribution in [0.1, 0.15) is 29.6 Å². The largest absolute Gasteiger partial charge is 0.496 e. The van der Waals surface area contributed by atoms with E-state index < -0.39 is 0 Å². The van der Waals surface area contributed by atoms with E-state index in [0.29, 0.717) is 36.3 Å². The minimum atomic E-state index is -0.0738. The molecule has 4 rings (SSSR count). The number of aryl methyl sites for hydroxylation is 1. The lowest BCUT2D eigenvalue weighted by Crippen LogP contribution is -2.07. The maximum Gasteiger partial charge on any atom is 0.170 e. The zero-order valence-corrected chi connectivity index (χ0v) is 18.4. The Morgan fingerprint density at radius 1 is 1.06 bits per heavy atom. The lowest BCUT2D eigenvalue weighted by atomic mass is 10.0. The Balaban J connectivity index is 1.73. The summed E-state index contributed by atoms with van der Waals surface area (Å²) in [4.78, 5) is 17.4. The second-order valence-corrected chi connectivity index (χ2v) is 7.55. The van der Waals surface area contributed by atoms with Crippen molar-refractivity contribution in [1.82, 2.24) is 19.3 Å². The molecule has 2 aromatic heterocycles. The number of aliphatic hydroxyl groups is 1. The predicted octanol–water partition coefficient (Wildman–Crippen LogP) is 3.79. The Morgan fingerprint density at radius 2 is 1.81 bits per heavy atom. The molecule has 32 heavy (non-hydrogen) atoms. The van der Waals surface area contributed by atoms with Crippen LogP contribution in [0.25, 0.3) is 27.8 Å². The lowest BCUT2D eigenvalue weighted by Gasteiger charge is -2.15. The number of benzene rings is 2. The van der Waals surface area contributed by atoms with Crippen LogP contribution in [0.5, 0.6) is 11.5 Å². The highest BCUT2D eigenvalue weighted by Gasteiger charge is 2.21. The first-order valence-corrected chi connectivity index (χ1v) is 10.4. The molecule has 4 aromatic rings. The highest BCUT2D eigenvalue weighted by atomic mass is 16.5. The van der Waals surface area contributed by atoms with Gasteiger partial charge in [-0.25, -0.2) is 4.98 Å². The summed E-state index contributed by atoms with van der Waals surface area (Å²) in [6, 6.07) is 9.70.